The summed E-state index contributed by atoms with van der Waals surface area (Å²) in [4.78, 5) is 21.3. The predicted octanol–water partition coefficient (Wildman–Crippen LogP) is 3.21. The molecule has 0 saturated carbocycles. The Morgan fingerprint density at radius 3 is 2.96 bits per heavy atom. The van der Waals surface area contributed by atoms with Crippen LogP contribution in [0.2, 0.25) is 0 Å². The van der Waals surface area contributed by atoms with Crippen molar-refractivity contribution < 1.29 is 4.79 Å². The summed E-state index contributed by atoms with van der Waals surface area (Å²) in [6.45, 7) is 6.22. The lowest BCUT2D eigenvalue weighted by atomic mass is 10.2. The molecule has 1 saturated heterocycles. The molecule has 2 aromatic rings. The number of aromatic nitrogens is 1. The topological polar surface area (TPSA) is 48.5 Å². The Morgan fingerprint density at radius 1 is 1.33 bits per heavy atom. The summed E-state index contributed by atoms with van der Waals surface area (Å²) < 4.78 is 1.18. The lowest BCUT2D eigenvalue weighted by Crippen LogP contribution is -2.36. The van der Waals surface area contributed by atoms with Gasteiger partial charge in [-0.15, -0.1) is 11.3 Å². The number of nitrogens with zero attached hydrogens (tertiary/aromatic N) is 3. The monoisotopic (exact) mass is 456 g/mol. The second-order valence-corrected chi connectivity index (χ2v) is 8.06. The number of nitrogens with one attached hydrogen (secondary N) is 1. The van der Waals surface area contributed by atoms with Crippen LogP contribution >= 0.6 is 33.9 Å². The first-order valence-electron chi connectivity index (χ1n) is 8.04. The zero-order chi connectivity index (χ0) is 16.9. The van der Waals surface area contributed by atoms with Gasteiger partial charge < -0.3 is 10.2 Å². The maximum absolute atomic E-state index is 12.4. The molecule has 5 nitrogen and oxygen atoms in total. The van der Waals surface area contributed by atoms with Crippen LogP contribution in [0.5, 0.6) is 0 Å². The molecule has 1 aliphatic heterocycles. The first-order chi connectivity index (χ1) is 11.6. The van der Waals surface area contributed by atoms with E-state index >= 15 is 0 Å². The number of benzene rings is 1. The molecule has 1 aromatic heterocycles. The fourth-order valence-electron chi connectivity index (χ4n) is 2.85. The second-order valence-electron chi connectivity index (χ2n) is 5.94. The molecule has 0 spiro atoms. The zero-order valence-electron chi connectivity index (χ0n) is 13.7. The maximum Gasteiger partial charge on any atom is 0.238 e. The number of amides is 1. The number of hydrogen-bond acceptors (Lipinski definition) is 5. The largest absolute Gasteiger partial charge is 0.347 e. The molecule has 1 fully saturated rings. The van der Waals surface area contributed by atoms with Crippen molar-refractivity contribution in [1.82, 2.24) is 9.88 Å². The molecule has 128 valence electrons. The van der Waals surface area contributed by atoms with Crippen molar-refractivity contribution >= 4 is 50.7 Å². The van der Waals surface area contributed by atoms with E-state index in [1.807, 2.05) is 30.6 Å². The Kier molecular flexibility index (Phi) is 6.07. The maximum atomic E-state index is 12.4. The van der Waals surface area contributed by atoms with Gasteiger partial charge in [-0.05, 0) is 59.7 Å². The summed E-state index contributed by atoms with van der Waals surface area (Å²) in [5, 5.41) is 6.12. The Hall–Kier alpha value is -1.19. The smallest absolute Gasteiger partial charge is 0.238 e. The molecule has 0 radical (unpaired) electrons. The SMILES string of the molecule is Cc1cc(I)ccc1NC(=O)CN1CCCN(c2nccs2)CC1. The zero-order valence-corrected chi connectivity index (χ0v) is 16.6. The van der Waals surface area contributed by atoms with Crippen LogP contribution in [0, 0.1) is 10.5 Å². The van der Waals surface area contributed by atoms with Crippen molar-refractivity contribution in [3.05, 3.63) is 38.9 Å². The molecule has 1 N–H and O–H groups in total. The number of carbonyl (C=O) groups is 1. The van der Waals surface area contributed by atoms with E-state index in [2.05, 4.69) is 48.8 Å². The van der Waals surface area contributed by atoms with E-state index in [0.29, 0.717) is 6.54 Å². The highest BCUT2D eigenvalue weighted by Gasteiger charge is 2.18. The van der Waals surface area contributed by atoms with Crippen LogP contribution in [0.15, 0.2) is 29.8 Å². The fourth-order valence-corrected chi connectivity index (χ4v) is 4.20. The predicted molar refractivity (Wildman–Crippen MR) is 108 cm³/mol. The molecular formula is C17H21IN4OS. The number of carbonyl (C=O) groups excluding carboxylic acids is 1. The van der Waals surface area contributed by atoms with E-state index in [1.54, 1.807) is 11.3 Å². The van der Waals surface area contributed by atoms with Gasteiger partial charge in [-0.1, -0.05) is 0 Å². The number of thiazole rings is 1. The Morgan fingerprint density at radius 2 is 2.21 bits per heavy atom. The fraction of sp³-hybridized carbons (Fsp3) is 0.412. The highest BCUT2D eigenvalue weighted by molar-refractivity contribution is 14.1. The second kappa shape index (κ2) is 8.26. The Balaban J connectivity index is 1.53. The molecule has 1 amide bonds. The third-order valence-corrected chi connectivity index (χ3v) is 5.61. The van der Waals surface area contributed by atoms with E-state index in [1.165, 1.54) is 3.57 Å². The molecule has 2 heterocycles. The van der Waals surface area contributed by atoms with Crippen molar-refractivity contribution in [1.29, 1.82) is 0 Å². The van der Waals surface area contributed by atoms with Gasteiger partial charge in [0.25, 0.3) is 0 Å². The van der Waals surface area contributed by atoms with Crippen molar-refractivity contribution in [2.24, 2.45) is 0 Å². The molecule has 0 bridgehead atoms. The van der Waals surface area contributed by atoms with Gasteiger partial charge in [-0.3, -0.25) is 9.69 Å². The third-order valence-electron chi connectivity index (χ3n) is 4.11. The summed E-state index contributed by atoms with van der Waals surface area (Å²) in [5.74, 6) is 0.0574. The van der Waals surface area contributed by atoms with Crippen LogP contribution in [0.25, 0.3) is 0 Å². The minimum Gasteiger partial charge on any atom is -0.347 e. The van der Waals surface area contributed by atoms with E-state index in [0.717, 1.165) is 49.0 Å². The van der Waals surface area contributed by atoms with Crippen LogP contribution in [-0.4, -0.2) is 48.5 Å². The van der Waals surface area contributed by atoms with Crippen molar-refractivity contribution in [3.63, 3.8) is 0 Å². The molecular weight excluding hydrogens is 435 g/mol. The first-order valence-corrected chi connectivity index (χ1v) is 10.0. The van der Waals surface area contributed by atoms with Crippen LogP contribution in [0.3, 0.4) is 0 Å². The number of halogens is 1. The standard InChI is InChI=1S/C17H21IN4OS/c1-13-11-14(18)3-4-15(13)20-16(23)12-21-6-2-7-22(9-8-21)17-19-5-10-24-17/h3-5,10-11H,2,6-9,12H2,1H3,(H,20,23). The summed E-state index contributed by atoms with van der Waals surface area (Å²) >= 11 is 3.96. The Bertz CT molecular complexity index is 692. The quantitative estimate of drug-likeness (QED) is 0.719. The highest BCUT2D eigenvalue weighted by Crippen LogP contribution is 2.20. The summed E-state index contributed by atoms with van der Waals surface area (Å²) in [7, 11) is 0. The first kappa shape index (κ1) is 17.6. The number of rotatable bonds is 4. The van der Waals surface area contributed by atoms with Gasteiger partial charge >= 0.3 is 0 Å². The Labute approximate surface area is 160 Å². The van der Waals surface area contributed by atoms with Gasteiger partial charge in [0, 0.05) is 47.0 Å². The van der Waals surface area contributed by atoms with E-state index in [-0.39, 0.29) is 5.91 Å². The van der Waals surface area contributed by atoms with Crippen molar-refractivity contribution in [2.45, 2.75) is 13.3 Å². The van der Waals surface area contributed by atoms with E-state index in [9.17, 15) is 4.79 Å². The van der Waals surface area contributed by atoms with Crippen LogP contribution in [-0.2, 0) is 4.79 Å². The summed E-state index contributed by atoms with van der Waals surface area (Å²) in [6.07, 6.45) is 2.90. The molecule has 0 aliphatic carbocycles. The molecule has 0 atom stereocenters. The number of aryl methyl sites for hydroxylation is 1. The average molecular weight is 456 g/mol. The molecule has 24 heavy (non-hydrogen) atoms. The minimum atomic E-state index is 0.0574. The number of anilines is 2. The molecule has 1 aliphatic rings. The number of hydrogen-bond donors (Lipinski definition) is 1. The van der Waals surface area contributed by atoms with Gasteiger partial charge in [0.05, 0.1) is 6.54 Å². The van der Waals surface area contributed by atoms with Gasteiger partial charge in [-0.25, -0.2) is 4.98 Å². The van der Waals surface area contributed by atoms with E-state index in [4.69, 9.17) is 0 Å². The highest BCUT2D eigenvalue weighted by atomic mass is 127. The van der Waals surface area contributed by atoms with Gasteiger partial charge in [0.1, 0.15) is 0 Å². The molecule has 3 rings (SSSR count). The lowest BCUT2D eigenvalue weighted by Gasteiger charge is -2.21. The molecule has 1 aromatic carbocycles. The van der Waals surface area contributed by atoms with Gasteiger partial charge in [-0.2, -0.15) is 0 Å². The average Bonchev–Trinajstić information content (AvgIpc) is 2.98. The van der Waals surface area contributed by atoms with Gasteiger partial charge in [0.15, 0.2) is 5.13 Å². The minimum absolute atomic E-state index is 0.0574. The lowest BCUT2D eigenvalue weighted by molar-refractivity contribution is -0.117. The van der Waals surface area contributed by atoms with Crippen LogP contribution < -0.4 is 10.2 Å². The van der Waals surface area contributed by atoms with Gasteiger partial charge in [0.2, 0.25) is 5.91 Å². The van der Waals surface area contributed by atoms with Crippen molar-refractivity contribution in [3.8, 4) is 0 Å². The third kappa shape index (κ3) is 4.67. The van der Waals surface area contributed by atoms with Crippen LogP contribution in [0.1, 0.15) is 12.0 Å². The molecule has 7 heteroatoms. The summed E-state index contributed by atoms with van der Waals surface area (Å²) in [6, 6.07) is 6.07. The summed E-state index contributed by atoms with van der Waals surface area (Å²) in [5.41, 5.74) is 2.00. The van der Waals surface area contributed by atoms with E-state index < -0.39 is 0 Å². The normalized spacial score (nSPS) is 16.0. The van der Waals surface area contributed by atoms with Crippen molar-refractivity contribution in [2.75, 3.05) is 42.9 Å². The van der Waals surface area contributed by atoms with Crippen LogP contribution in [0.4, 0.5) is 10.8 Å². The molecule has 0 unspecified atom stereocenters.